The van der Waals surface area contributed by atoms with Gasteiger partial charge in [-0.05, 0) is 0 Å². The first-order valence-corrected chi connectivity index (χ1v) is 5.68. The minimum Gasteiger partial charge on any atom is -0.359 e. The van der Waals surface area contributed by atoms with Crippen molar-refractivity contribution in [2.75, 3.05) is 32.5 Å². The molecule has 0 aliphatic rings. The molecule has 18 heavy (non-hydrogen) atoms. The van der Waals surface area contributed by atoms with Crippen LogP contribution in [0.3, 0.4) is 0 Å². The SMILES string of the molecule is CN(C)C(=O)NCCNc1nc(C(F)(F)F)ns1. The number of nitrogens with one attached hydrogen (secondary N) is 2. The van der Waals surface area contributed by atoms with Crippen LogP contribution in [0.2, 0.25) is 0 Å². The first-order valence-electron chi connectivity index (χ1n) is 4.90. The first kappa shape index (κ1) is 14.5. The van der Waals surface area contributed by atoms with E-state index in [-0.39, 0.29) is 24.3 Å². The molecule has 1 aromatic rings. The number of carbonyl (C=O) groups excluding carboxylic acids is 1. The highest BCUT2D eigenvalue weighted by Crippen LogP contribution is 2.28. The maximum absolute atomic E-state index is 12.2. The minimum absolute atomic E-state index is 0.0708. The van der Waals surface area contributed by atoms with Crippen molar-refractivity contribution >= 4 is 22.7 Å². The summed E-state index contributed by atoms with van der Waals surface area (Å²) in [5.74, 6) is -1.16. The number of nitrogens with zero attached hydrogens (tertiary/aromatic N) is 3. The van der Waals surface area contributed by atoms with Gasteiger partial charge in [-0.25, -0.2) is 4.79 Å². The van der Waals surface area contributed by atoms with E-state index in [0.29, 0.717) is 11.5 Å². The van der Waals surface area contributed by atoms with Crippen LogP contribution in [0.5, 0.6) is 0 Å². The number of urea groups is 1. The number of halogens is 3. The van der Waals surface area contributed by atoms with Gasteiger partial charge in [0.05, 0.1) is 0 Å². The summed E-state index contributed by atoms with van der Waals surface area (Å²) in [5, 5.41) is 5.26. The fourth-order valence-corrected chi connectivity index (χ4v) is 1.52. The molecule has 102 valence electrons. The van der Waals surface area contributed by atoms with Crippen LogP contribution in [0, 0.1) is 0 Å². The van der Waals surface area contributed by atoms with Crippen molar-refractivity contribution in [3.05, 3.63) is 5.82 Å². The quantitative estimate of drug-likeness (QED) is 0.816. The molecule has 2 amide bonds. The lowest BCUT2D eigenvalue weighted by atomic mass is 10.6. The average molecular weight is 283 g/mol. The van der Waals surface area contributed by atoms with E-state index in [0.717, 1.165) is 0 Å². The van der Waals surface area contributed by atoms with Crippen LogP contribution < -0.4 is 10.6 Å². The minimum atomic E-state index is -4.53. The molecule has 0 saturated carbocycles. The molecule has 0 radical (unpaired) electrons. The summed E-state index contributed by atoms with van der Waals surface area (Å²) in [4.78, 5) is 15.7. The topological polar surface area (TPSA) is 70.2 Å². The van der Waals surface area contributed by atoms with Crippen LogP contribution in [0.15, 0.2) is 0 Å². The van der Waals surface area contributed by atoms with Gasteiger partial charge in [0.1, 0.15) is 0 Å². The Kier molecular flexibility index (Phi) is 4.70. The molecule has 0 unspecified atom stereocenters. The largest absolute Gasteiger partial charge is 0.452 e. The molecule has 1 aromatic heterocycles. The molecule has 1 heterocycles. The fourth-order valence-electron chi connectivity index (χ4n) is 0.907. The van der Waals surface area contributed by atoms with E-state index in [1.165, 1.54) is 4.90 Å². The standard InChI is InChI=1S/C8H12F3N5OS/c1-16(2)7(17)13-4-3-12-6-14-5(15-18-6)8(9,10)11/h3-4H2,1-2H3,(H,13,17)(H,12,14,15). The van der Waals surface area contributed by atoms with Crippen LogP contribution in [0.4, 0.5) is 23.1 Å². The average Bonchev–Trinajstić information content (AvgIpc) is 2.72. The van der Waals surface area contributed by atoms with Crippen molar-refractivity contribution in [2.45, 2.75) is 6.18 Å². The van der Waals surface area contributed by atoms with E-state index >= 15 is 0 Å². The number of anilines is 1. The molecule has 0 aromatic carbocycles. The summed E-state index contributed by atoms with van der Waals surface area (Å²) >= 11 is 0.626. The van der Waals surface area contributed by atoms with Crippen LogP contribution in [-0.4, -0.2) is 47.5 Å². The van der Waals surface area contributed by atoms with Crippen molar-refractivity contribution in [2.24, 2.45) is 0 Å². The van der Waals surface area contributed by atoms with Crippen LogP contribution in [0.25, 0.3) is 0 Å². The van der Waals surface area contributed by atoms with Crippen LogP contribution >= 0.6 is 11.5 Å². The predicted octanol–water partition coefficient (Wildman–Crippen LogP) is 1.24. The van der Waals surface area contributed by atoms with Crippen molar-refractivity contribution in [1.82, 2.24) is 19.6 Å². The molecule has 0 spiro atoms. The lowest BCUT2D eigenvalue weighted by Crippen LogP contribution is -2.37. The van der Waals surface area contributed by atoms with Crippen molar-refractivity contribution < 1.29 is 18.0 Å². The van der Waals surface area contributed by atoms with E-state index in [2.05, 4.69) is 20.0 Å². The monoisotopic (exact) mass is 283 g/mol. The second-order valence-electron chi connectivity index (χ2n) is 3.47. The highest BCUT2D eigenvalue weighted by atomic mass is 32.1. The van der Waals surface area contributed by atoms with Crippen LogP contribution in [-0.2, 0) is 6.18 Å². The van der Waals surface area contributed by atoms with E-state index in [1.54, 1.807) is 14.1 Å². The van der Waals surface area contributed by atoms with Gasteiger partial charge in [0, 0.05) is 38.7 Å². The summed E-state index contributed by atoms with van der Waals surface area (Å²) in [6.45, 7) is 0.546. The Morgan fingerprint density at radius 1 is 1.39 bits per heavy atom. The zero-order chi connectivity index (χ0) is 13.8. The van der Waals surface area contributed by atoms with Crippen molar-refractivity contribution in [3.8, 4) is 0 Å². The Balaban J connectivity index is 2.32. The Morgan fingerprint density at radius 2 is 2.06 bits per heavy atom. The summed E-state index contributed by atoms with van der Waals surface area (Å²) in [7, 11) is 3.17. The summed E-state index contributed by atoms with van der Waals surface area (Å²) in [6.07, 6.45) is -4.53. The fraction of sp³-hybridized carbons (Fsp3) is 0.625. The number of hydrogen-bond acceptors (Lipinski definition) is 5. The molecular formula is C8H12F3N5OS. The number of amides is 2. The Bertz CT molecular complexity index is 406. The summed E-state index contributed by atoms with van der Waals surface area (Å²) in [5.41, 5.74) is 0. The molecule has 0 bridgehead atoms. The normalized spacial score (nSPS) is 11.2. The van der Waals surface area contributed by atoms with E-state index < -0.39 is 12.0 Å². The maximum Gasteiger partial charge on any atom is 0.452 e. The summed E-state index contributed by atoms with van der Waals surface area (Å²) < 4.78 is 39.7. The third kappa shape index (κ3) is 4.35. The highest BCUT2D eigenvalue weighted by Gasteiger charge is 2.36. The Labute approximate surface area is 105 Å². The molecule has 0 aliphatic heterocycles. The lowest BCUT2D eigenvalue weighted by Gasteiger charge is -2.11. The van der Waals surface area contributed by atoms with Gasteiger partial charge in [0.15, 0.2) is 0 Å². The van der Waals surface area contributed by atoms with E-state index in [9.17, 15) is 18.0 Å². The molecule has 0 fully saturated rings. The molecular weight excluding hydrogens is 271 g/mol. The van der Waals surface area contributed by atoms with E-state index in [1.807, 2.05) is 0 Å². The number of aromatic nitrogens is 2. The molecule has 0 saturated heterocycles. The molecule has 6 nitrogen and oxygen atoms in total. The highest BCUT2D eigenvalue weighted by molar-refractivity contribution is 7.09. The summed E-state index contributed by atoms with van der Waals surface area (Å²) in [6, 6.07) is -0.273. The third-order valence-corrected chi connectivity index (χ3v) is 2.44. The predicted molar refractivity (Wildman–Crippen MR) is 60.5 cm³/mol. The molecule has 2 N–H and O–H groups in total. The second-order valence-corrected chi connectivity index (χ2v) is 4.23. The smallest absolute Gasteiger partial charge is 0.359 e. The molecule has 0 atom stereocenters. The third-order valence-electron chi connectivity index (χ3n) is 1.76. The van der Waals surface area contributed by atoms with Crippen molar-refractivity contribution in [1.29, 1.82) is 0 Å². The van der Waals surface area contributed by atoms with Crippen LogP contribution in [0.1, 0.15) is 5.82 Å². The molecule has 10 heteroatoms. The molecule has 0 aliphatic carbocycles. The number of alkyl halides is 3. The number of carbonyl (C=O) groups is 1. The van der Waals surface area contributed by atoms with Gasteiger partial charge in [0.2, 0.25) is 11.0 Å². The zero-order valence-corrected chi connectivity index (χ0v) is 10.5. The maximum atomic E-state index is 12.2. The zero-order valence-electron chi connectivity index (χ0n) is 9.71. The lowest BCUT2D eigenvalue weighted by molar-refractivity contribution is -0.144. The first-order chi connectivity index (χ1) is 8.30. The number of rotatable bonds is 4. The van der Waals surface area contributed by atoms with E-state index in [4.69, 9.17) is 0 Å². The van der Waals surface area contributed by atoms with Gasteiger partial charge in [-0.1, -0.05) is 0 Å². The van der Waals surface area contributed by atoms with Gasteiger partial charge < -0.3 is 15.5 Å². The Hall–Kier alpha value is -1.58. The van der Waals surface area contributed by atoms with Gasteiger partial charge in [-0.2, -0.15) is 22.5 Å². The van der Waals surface area contributed by atoms with Gasteiger partial charge in [0.25, 0.3) is 0 Å². The van der Waals surface area contributed by atoms with Gasteiger partial charge in [-0.3, -0.25) is 0 Å². The van der Waals surface area contributed by atoms with Crippen molar-refractivity contribution in [3.63, 3.8) is 0 Å². The van der Waals surface area contributed by atoms with Gasteiger partial charge in [-0.15, -0.1) is 0 Å². The molecule has 1 rings (SSSR count). The van der Waals surface area contributed by atoms with Gasteiger partial charge >= 0.3 is 12.2 Å². The Morgan fingerprint density at radius 3 is 2.56 bits per heavy atom. The second kappa shape index (κ2) is 5.85. The number of hydrogen-bond donors (Lipinski definition) is 2.